The van der Waals surface area contributed by atoms with Crippen molar-refractivity contribution in [1.29, 1.82) is 0 Å². The van der Waals surface area contributed by atoms with Gasteiger partial charge in [0, 0.05) is 27.5 Å². The predicted molar refractivity (Wildman–Crippen MR) is 196 cm³/mol. The third kappa shape index (κ3) is 4.88. The van der Waals surface area contributed by atoms with E-state index in [4.69, 9.17) is 23.7 Å². The van der Waals surface area contributed by atoms with Crippen LogP contribution in [0, 0.1) is 29.1 Å². The molecule has 0 saturated heterocycles. The highest BCUT2D eigenvalue weighted by molar-refractivity contribution is 6.10. The van der Waals surface area contributed by atoms with Crippen LogP contribution in [0.4, 0.5) is 22.0 Å². The molecule has 8 rings (SSSR count). The molecule has 0 unspecified atom stereocenters. The van der Waals surface area contributed by atoms with E-state index in [2.05, 4.69) is 0 Å². The van der Waals surface area contributed by atoms with E-state index in [0.29, 0.717) is 39.7 Å². The molecule has 10 heteroatoms. The van der Waals surface area contributed by atoms with Crippen molar-refractivity contribution in [3.63, 3.8) is 0 Å². The molecular weight excluding hydrogens is 703 g/mol. The summed E-state index contributed by atoms with van der Waals surface area (Å²) in [5.41, 5.74) is 2.26. The third-order valence-electron chi connectivity index (χ3n) is 10.7. The fraction of sp³-hybridized carbons (Fsp3) is 0.182. The first-order chi connectivity index (χ1) is 25.9. The molecule has 1 aliphatic heterocycles. The Morgan fingerprint density at radius 2 is 1.07 bits per heavy atom. The molecule has 0 spiro atoms. The SMILES string of the molecule is COc1ccc(C2(c3ccc(OC)cc3)C=Cc3c4c(c5cc(OC)c(OC)cc5c3O2)-c2ccc(-c3c(F)c(F)c(F)c(F)c3F)cc2C4(C)C)cc1. The smallest absolute Gasteiger partial charge is 0.200 e. The lowest BCUT2D eigenvalue weighted by molar-refractivity contribution is 0.163. The van der Waals surface area contributed by atoms with Crippen molar-refractivity contribution in [3.05, 3.63) is 142 Å². The van der Waals surface area contributed by atoms with Crippen LogP contribution in [0.3, 0.4) is 0 Å². The van der Waals surface area contributed by atoms with Gasteiger partial charge in [0.05, 0.1) is 34.0 Å². The molecule has 6 aromatic carbocycles. The van der Waals surface area contributed by atoms with Crippen molar-refractivity contribution in [2.45, 2.75) is 24.9 Å². The van der Waals surface area contributed by atoms with Crippen LogP contribution >= 0.6 is 0 Å². The number of fused-ring (bicyclic) bond motifs is 8. The normalized spacial score (nSPS) is 14.6. The number of halogens is 5. The molecule has 0 atom stereocenters. The van der Waals surface area contributed by atoms with Crippen LogP contribution in [-0.4, -0.2) is 28.4 Å². The van der Waals surface area contributed by atoms with Gasteiger partial charge in [0.15, 0.2) is 40.4 Å². The highest BCUT2D eigenvalue weighted by Gasteiger charge is 2.45. The summed E-state index contributed by atoms with van der Waals surface area (Å²) in [6, 6.07) is 23.5. The number of benzene rings is 6. The minimum absolute atomic E-state index is 0.148. The second-order valence-corrected chi connectivity index (χ2v) is 13.7. The molecule has 0 fully saturated rings. The molecule has 0 bridgehead atoms. The van der Waals surface area contributed by atoms with Crippen molar-refractivity contribution in [3.8, 4) is 51.0 Å². The summed E-state index contributed by atoms with van der Waals surface area (Å²) in [5.74, 6) is -7.21. The second kappa shape index (κ2) is 12.5. The highest BCUT2D eigenvalue weighted by atomic mass is 19.2. The van der Waals surface area contributed by atoms with E-state index >= 15 is 8.78 Å². The van der Waals surface area contributed by atoms with Gasteiger partial charge in [-0.1, -0.05) is 56.3 Å². The van der Waals surface area contributed by atoms with Gasteiger partial charge in [-0.3, -0.25) is 0 Å². The van der Waals surface area contributed by atoms with E-state index < -0.39 is 45.7 Å². The fourth-order valence-electron chi connectivity index (χ4n) is 7.98. The van der Waals surface area contributed by atoms with Crippen molar-refractivity contribution < 1.29 is 45.6 Å². The molecule has 1 heterocycles. The largest absolute Gasteiger partial charge is 0.497 e. The van der Waals surface area contributed by atoms with E-state index in [1.54, 1.807) is 27.4 Å². The first-order valence-electron chi connectivity index (χ1n) is 17.0. The van der Waals surface area contributed by atoms with Gasteiger partial charge < -0.3 is 23.7 Å². The highest BCUT2D eigenvalue weighted by Crippen LogP contribution is 2.59. The van der Waals surface area contributed by atoms with Crippen molar-refractivity contribution >= 4 is 16.8 Å². The van der Waals surface area contributed by atoms with Crippen molar-refractivity contribution in [1.82, 2.24) is 0 Å². The average Bonchev–Trinajstić information content (AvgIpc) is 3.44. The summed E-state index contributed by atoms with van der Waals surface area (Å²) < 4.78 is 103. The Labute approximate surface area is 308 Å². The molecule has 0 saturated carbocycles. The Bertz CT molecular complexity index is 2470. The van der Waals surface area contributed by atoms with E-state index in [0.717, 1.165) is 38.8 Å². The Hall–Kier alpha value is -6.03. The summed E-state index contributed by atoms with van der Waals surface area (Å²) in [5, 5.41) is 1.44. The van der Waals surface area contributed by atoms with Gasteiger partial charge >= 0.3 is 0 Å². The maximum Gasteiger partial charge on any atom is 0.200 e. The first-order valence-corrected chi connectivity index (χ1v) is 17.0. The first kappa shape index (κ1) is 35.0. The number of hydrogen-bond donors (Lipinski definition) is 0. The molecule has 0 radical (unpaired) electrons. The molecule has 6 aromatic rings. The fourth-order valence-corrected chi connectivity index (χ4v) is 7.98. The Kier molecular flexibility index (Phi) is 8.13. The molecule has 274 valence electrons. The Balaban J connectivity index is 1.42. The number of hydrogen-bond acceptors (Lipinski definition) is 5. The van der Waals surface area contributed by atoms with Gasteiger partial charge in [-0.15, -0.1) is 0 Å². The summed E-state index contributed by atoms with van der Waals surface area (Å²) in [6.45, 7) is 3.91. The van der Waals surface area contributed by atoms with Crippen LogP contribution in [0.25, 0.3) is 39.1 Å². The van der Waals surface area contributed by atoms with Crippen LogP contribution in [0.15, 0.2) is 84.9 Å². The van der Waals surface area contributed by atoms with E-state index in [1.807, 2.05) is 86.7 Å². The summed E-state index contributed by atoms with van der Waals surface area (Å²) in [7, 11) is 6.28. The summed E-state index contributed by atoms with van der Waals surface area (Å²) >= 11 is 0. The molecular formula is C44H33F5O5. The predicted octanol–water partition coefficient (Wildman–Crippen LogP) is 10.9. The monoisotopic (exact) mass is 736 g/mol. The standard InChI is InChI=1S/C44H33F5O5/c1-43(2)31-19-22(34-37(45)39(47)41(49)40(48)38(34)46)7-16-27(31)35-29-20-32(52-5)33(53-6)21-30(29)42-28(36(35)43)17-18-44(54-42,23-8-12-25(50-3)13-9-23)24-10-14-26(51-4)15-11-24/h7-21H,1-6H3. The second-order valence-electron chi connectivity index (χ2n) is 13.7. The van der Waals surface area contributed by atoms with Crippen LogP contribution in [-0.2, 0) is 11.0 Å². The number of methoxy groups -OCH3 is 4. The minimum Gasteiger partial charge on any atom is -0.497 e. The zero-order valence-electron chi connectivity index (χ0n) is 30.1. The molecule has 0 amide bonds. The van der Waals surface area contributed by atoms with E-state index in [9.17, 15) is 13.2 Å². The van der Waals surface area contributed by atoms with Crippen LogP contribution in [0.1, 0.15) is 41.7 Å². The van der Waals surface area contributed by atoms with Gasteiger partial charge in [0.25, 0.3) is 0 Å². The van der Waals surface area contributed by atoms with E-state index in [1.165, 1.54) is 19.2 Å². The number of ether oxygens (including phenoxy) is 5. The molecule has 0 aromatic heterocycles. The van der Waals surface area contributed by atoms with Gasteiger partial charge in [-0.2, -0.15) is 0 Å². The zero-order valence-corrected chi connectivity index (χ0v) is 30.1. The van der Waals surface area contributed by atoms with Gasteiger partial charge in [-0.25, -0.2) is 22.0 Å². The van der Waals surface area contributed by atoms with Gasteiger partial charge in [-0.05, 0) is 81.7 Å². The van der Waals surface area contributed by atoms with Crippen molar-refractivity contribution in [2.24, 2.45) is 0 Å². The molecule has 1 aliphatic carbocycles. The quantitative estimate of drug-likeness (QED) is 0.0928. The molecule has 0 N–H and O–H groups in total. The summed E-state index contributed by atoms with van der Waals surface area (Å²) in [6.07, 6.45) is 4.01. The maximum absolute atomic E-state index is 15.1. The lowest BCUT2D eigenvalue weighted by Crippen LogP contribution is -2.35. The maximum atomic E-state index is 15.1. The van der Waals surface area contributed by atoms with Gasteiger partial charge in [0.1, 0.15) is 17.2 Å². The number of rotatable bonds is 7. The lowest BCUT2D eigenvalue weighted by atomic mass is 9.76. The topological polar surface area (TPSA) is 46.2 Å². The van der Waals surface area contributed by atoms with Crippen LogP contribution in [0.2, 0.25) is 0 Å². The van der Waals surface area contributed by atoms with Gasteiger partial charge in [0.2, 0.25) is 5.82 Å². The Morgan fingerprint density at radius 1 is 0.556 bits per heavy atom. The molecule has 54 heavy (non-hydrogen) atoms. The zero-order chi connectivity index (χ0) is 38.3. The van der Waals surface area contributed by atoms with Crippen LogP contribution < -0.4 is 23.7 Å². The summed E-state index contributed by atoms with van der Waals surface area (Å²) in [4.78, 5) is 0. The third-order valence-corrected chi connectivity index (χ3v) is 10.7. The van der Waals surface area contributed by atoms with Crippen LogP contribution in [0.5, 0.6) is 28.7 Å². The van der Waals surface area contributed by atoms with E-state index in [-0.39, 0.29) is 5.56 Å². The Morgan fingerprint density at radius 3 is 1.59 bits per heavy atom. The molecule has 2 aliphatic rings. The molecule has 5 nitrogen and oxygen atoms in total. The van der Waals surface area contributed by atoms with Crippen molar-refractivity contribution in [2.75, 3.05) is 28.4 Å². The average molecular weight is 737 g/mol. The lowest BCUT2D eigenvalue weighted by Gasteiger charge is -2.38. The minimum atomic E-state index is -2.21.